The van der Waals surface area contributed by atoms with Gasteiger partial charge in [0, 0.05) is 23.5 Å². The number of benzene rings is 1. The van der Waals surface area contributed by atoms with Crippen LogP contribution >= 0.6 is 0 Å². The fourth-order valence-electron chi connectivity index (χ4n) is 3.45. The van der Waals surface area contributed by atoms with E-state index in [1.807, 2.05) is 62.1 Å². The maximum Gasteiger partial charge on any atom is 0.412 e. The number of amides is 3. The second kappa shape index (κ2) is 6.82. The van der Waals surface area contributed by atoms with E-state index in [0.717, 1.165) is 24.0 Å². The normalized spacial score (nSPS) is 18.9. The first-order valence-corrected chi connectivity index (χ1v) is 9.46. The molecule has 1 aromatic heterocycles. The molecule has 28 heavy (non-hydrogen) atoms. The van der Waals surface area contributed by atoms with Crippen molar-refractivity contribution in [3.05, 3.63) is 53.7 Å². The van der Waals surface area contributed by atoms with Crippen LogP contribution in [0.1, 0.15) is 50.8 Å². The minimum absolute atomic E-state index is 0.135. The zero-order valence-electron chi connectivity index (χ0n) is 16.2. The van der Waals surface area contributed by atoms with Gasteiger partial charge in [-0.2, -0.15) is 0 Å². The number of nitrogens with zero attached hydrogens (tertiary/aromatic N) is 2. The molecular formula is C21H24N4O3. The predicted octanol–water partition coefficient (Wildman–Crippen LogP) is 4.53. The third kappa shape index (κ3) is 3.78. The number of anilines is 2. The zero-order chi connectivity index (χ0) is 19.9. The average Bonchev–Trinajstić information content (AvgIpc) is 3.44. The summed E-state index contributed by atoms with van der Waals surface area (Å²) in [6.45, 7) is 5.46. The third-order valence-corrected chi connectivity index (χ3v) is 4.66. The summed E-state index contributed by atoms with van der Waals surface area (Å²) in [5.41, 5.74) is 1.92. The van der Waals surface area contributed by atoms with Crippen molar-refractivity contribution in [3.8, 4) is 0 Å². The Kier molecular flexibility index (Phi) is 4.45. The first kappa shape index (κ1) is 18.3. The standard InChI is InChI=1S/C21H24N4O3/c1-21(2,3)28-20(27)23-14-7-4-6-13(12-14)17-16-8-5-11-22-18(16)24-19(26)25(17)15-9-10-15/h4-8,11-12,15,17H,9-10H2,1-3H3,(H,23,27)(H,22,24,26). The quantitative estimate of drug-likeness (QED) is 0.819. The Labute approximate surface area is 164 Å². The lowest BCUT2D eigenvalue weighted by atomic mass is 9.95. The van der Waals surface area contributed by atoms with Crippen LogP contribution < -0.4 is 10.6 Å². The number of pyridine rings is 1. The molecule has 1 aromatic carbocycles. The van der Waals surface area contributed by atoms with E-state index in [1.165, 1.54) is 0 Å². The van der Waals surface area contributed by atoms with Gasteiger partial charge in [-0.1, -0.05) is 18.2 Å². The van der Waals surface area contributed by atoms with Crippen LogP contribution in [0.25, 0.3) is 0 Å². The van der Waals surface area contributed by atoms with Gasteiger partial charge in [0.15, 0.2) is 0 Å². The van der Waals surface area contributed by atoms with Gasteiger partial charge in [0.25, 0.3) is 0 Å². The van der Waals surface area contributed by atoms with Crippen molar-refractivity contribution in [1.29, 1.82) is 0 Å². The Morgan fingerprint density at radius 3 is 2.75 bits per heavy atom. The maximum absolute atomic E-state index is 12.7. The molecule has 2 N–H and O–H groups in total. The Morgan fingerprint density at radius 2 is 2.04 bits per heavy atom. The molecule has 0 radical (unpaired) electrons. The molecule has 4 rings (SSSR count). The van der Waals surface area contributed by atoms with Crippen molar-refractivity contribution in [3.63, 3.8) is 0 Å². The number of carbonyl (C=O) groups excluding carboxylic acids is 2. The number of fused-ring (bicyclic) bond motifs is 1. The van der Waals surface area contributed by atoms with Gasteiger partial charge in [0.1, 0.15) is 11.4 Å². The van der Waals surface area contributed by atoms with Crippen molar-refractivity contribution in [2.45, 2.75) is 51.3 Å². The number of urea groups is 1. The summed E-state index contributed by atoms with van der Waals surface area (Å²) in [4.78, 5) is 31.1. The molecule has 7 heteroatoms. The molecule has 1 fully saturated rings. The molecule has 1 aliphatic heterocycles. The molecule has 0 bridgehead atoms. The first-order chi connectivity index (χ1) is 13.3. The molecular weight excluding hydrogens is 356 g/mol. The summed E-state index contributed by atoms with van der Waals surface area (Å²) in [7, 11) is 0. The number of hydrogen-bond donors (Lipinski definition) is 2. The lowest BCUT2D eigenvalue weighted by molar-refractivity contribution is 0.0636. The largest absolute Gasteiger partial charge is 0.444 e. The number of hydrogen-bond acceptors (Lipinski definition) is 4. The molecule has 1 saturated carbocycles. The van der Waals surface area contributed by atoms with Gasteiger partial charge in [0.05, 0.1) is 6.04 Å². The summed E-state index contributed by atoms with van der Waals surface area (Å²) < 4.78 is 5.34. The zero-order valence-corrected chi connectivity index (χ0v) is 16.2. The van der Waals surface area contributed by atoms with Crippen molar-refractivity contribution < 1.29 is 14.3 Å². The summed E-state index contributed by atoms with van der Waals surface area (Å²) in [5, 5.41) is 5.67. The smallest absolute Gasteiger partial charge is 0.412 e. The SMILES string of the molecule is CC(C)(C)OC(=O)Nc1cccc(C2c3cccnc3NC(=O)N2C2CC2)c1. The van der Waals surface area contributed by atoms with Gasteiger partial charge < -0.3 is 9.64 Å². The fourth-order valence-corrected chi connectivity index (χ4v) is 3.45. The number of nitrogens with one attached hydrogen (secondary N) is 2. The van der Waals surface area contributed by atoms with E-state index < -0.39 is 11.7 Å². The number of carbonyl (C=O) groups is 2. The highest BCUT2D eigenvalue weighted by atomic mass is 16.6. The summed E-state index contributed by atoms with van der Waals surface area (Å²) in [6.07, 6.45) is 3.15. The molecule has 7 nitrogen and oxygen atoms in total. The predicted molar refractivity (Wildman–Crippen MR) is 106 cm³/mol. The van der Waals surface area contributed by atoms with E-state index >= 15 is 0 Å². The second-order valence-electron chi connectivity index (χ2n) is 8.16. The fraction of sp³-hybridized carbons (Fsp3) is 0.381. The highest BCUT2D eigenvalue weighted by Gasteiger charge is 2.42. The van der Waals surface area contributed by atoms with Gasteiger partial charge in [0.2, 0.25) is 0 Å². The van der Waals surface area contributed by atoms with Gasteiger partial charge in [-0.3, -0.25) is 10.6 Å². The van der Waals surface area contributed by atoms with E-state index in [2.05, 4.69) is 15.6 Å². The van der Waals surface area contributed by atoms with Gasteiger partial charge >= 0.3 is 12.1 Å². The minimum Gasteiger partial charge on any atom is -0.444 e. The van der Waals surface area contributed by atoms with Crippen LogP contribution in [0, 0.1) is 0 Å². The molecule has 3 amide bonds. The molecule has 0 spiro atoms. The lowest BCUT2D eigenvalue weighted by Gasteiger charge is -2.37. The molecule has 2 heterocycles. The van der Waals surface area contributed by atoms with Gasteiger partial charge in [-0.05, 0) is 57.4 Å². The second-order valence-corrected chi connectivity index (χ2v) is 8.16. The monoisotopic (exact) mass is 380 g/mol. The van der Waals surface area contributed by atoms with E-state index in [0.29, 0.717) is 11.5 Å². The van der Waals surface area contributed by atoms with E-state index in [1.54, 1.807) is 6.20 Å². The van der Waals surface area contributed by atoms with Crippen LogP contribution in [0.4, 0.5) is 21.1 Å². The molecule has 1 aliphatic carbocycles. The molecule has 2 aliphatic rings. The first-order valence-electron chi connectivity index (χ1n) is 9.46. The molecule has 1 unspecified atom stereocenters. The maximum atomic E-state index is 12.7. The van der Waals surface area contributed by atoms with Crippen LogP contribution in [0.15, 0.2) is 42.6 Å². The highest BCUT2D eigenvalue weighted by Crippen LogP contribution is 2.43. The van der Waals surface area contributed by atoms with Crippen molar-refractivity contribution >= 4 is 23.6 Å². The van der Waals surface area contributed by atoms with E-state index in [4.69, 9.17) is 4.74 Å². The Bertz CT molecular complexity index is 918. The molecule has 2 aromatic rings. The molecule has 1 atom stereocenters. The average molecular weight is 380 g/mol. The third-order valence-electron chi connectivity index (χ3n) is 4.66. The van der Waals surface area contributed by atoms with Crippen LogP contribution in [-0.4, -0.2) is 33.7 Å². The summed E-state index contributed by atoms with van der Waals surface area (Å²) in [6, 6.07) is 11.2. The lowest BCUT2D eigenvalue weighted by Crippen LogP contribution is -2.44. The highest BCUT2D eigenvalue weighted by molar-refractivity contribution is 5.93. The number of ether oxygens (including phenoxy) is 1. The topological polar surface area (TPSA) is 83.6 Å². The number of rotatable bonds is 3. The molecule has 0 saturated heterocycles. The van der Waals surface area contributed by atoms with E-state index in [9.17, 15) is 9.59 Å². The van der Waals surface area contributed by atoms with Gasteiger partial charge in [-0.25, -0.2) is 14.6 Å². The summed E-state index contributed by atoms with van der Waals surface area (Å²) >= 11 is 0. The van der Waals surface area contributed by atoms with Gasteiger partial charge in [-0.15, -0.1) is 0 Å². The van der Waals surface area contributed by atoms with Crippen molar-refractivity contribution in [1.82, 2.24) is 9.88 Å². The molecule has 146 valence electrons. The minimum atomic E-state index is -0.573. The van der Waals surface area contributed by atoms with Crippen LogP contribution in [-0.2, 0) is 4.74 Å². The number of aromatic nitrogens is 1. The Morgan fingerprint density at radius 1 is 1.25 bits per heavy atom. The van der Waals surface area contributed by atoms with Crippen molar-refractivity contribution in [2.75, 3.05) is 10.6 Å². The van der Waals surface area contributed by atoms with Crippen molar-refractivity contribution in [2.24, 2.45) is 0 Å². The van der Waals surface area contributed by atoms with E-state index in [-0.39, 0.29) is 18.1 Å². The Hall–Kier alpha value is -3.09. The summed E-state index contributed by atoms with van der Waals surface area (Å²) in [5.74, 6) is 0.583. The van der Waals surface area contributed by atoms with Crippen LogP contribution in [0.3, 0.4) is 0 Å². The van der Waals surface area contributed by atoms with Crippen LogP contribution in [0.5, 0.6) is 0 Å². The Balaban J connectivity index is 1.67. The van der Waals surface area contributed by atoms with Crippen LogP contribution in [0.2, 0.25) is 0 Å².